The van der Waals surface area contributed by atoms with E-state index in [0.29, 0.717) is 5.82 Å². The summed E-state index contributed by atoms with van der Waals surface area (Å²) in [5.74, 6) is 0.584. The van der Waals surface area contributed by atoms with E-state index >= 15 is 0 Å². The second-order valence-electron chi connectivity index (χ2n) is 3.42. The Balaban J connectivity index is 2.03. The Hall–Kier alpha value is -1.90. The normalized spacial score (nSPS) is 10.1. The van der Waals surface area contributed by atoms with Crippen LogP contribution in [0.4, 0.5) is 5.82 Å². The summed E-state index contributed by atoms with van der Waals surface area (Å²) in [5.41, 5.74) is 8.05. The summed E-state index contributed by atoms with van der Waals surface area (Å²) in [7, 11) is 0. The number of rotatable bonds is 3. The maximum Gasteiger partial charge on any atom is 0.129 e. The van der Waals surface area contributed by atoms with Crippen LogP contribution in [-0.4, -0.2) is 9.97 Å². The lowest BCUT2D eigenvalue weighted by Gasteiger charge is -2.03. The fourth-order valence-electron chi connectivity index (χ4n) is 1.48. The minimum absolute atomic E-state index is 0.584. The van der Waals surface area contributed by atoms with Crippen LogP contribution in [0.2, 0.25) is 0 Å². The minimum atomic E-state index is 0.584. The van der Waals surface area contributed by atoms with Crippen LogP contribution < -0.4 is 5.73 Å². The Bertz CT molecular complexity index is 426. The van der Waals surface area contributed by atoms with Crippen LogP contribution in [0, 0.1) is 0 Å². The van der Waals surface area contributed by atoms with E-state index in [1.54, 1.807) is 6.20 Å². The summed E-state index contributed by atoms with van der Waals surface area (Å²) in [4.78, 5) is 7.92. The summed E-state index contributed by atoms with van der Waals surface area (Å²) < 4.78 is 0. The standard InChI is InChI=1S/C12H13N3/c13-12-11(8-14-9-15-12)7-6-10-4-2-1-3-5-10/h1-5,8-9H,6-7H2,(H2,13,14,15). The predicted octanol–water partition coefficient (Wildman–Crippen LogP) is 1.84. The van der Waals surface area contributed by atoms with Crippen molar-refractivity contribution in [1.29, 1.82) is 0 Å². The van der Waals surface area contributed by atoms with Gasteiger partial charge in [0, 0.05) is 11.8 Å². The van der Waals surface area contributed by atoms with Crippen molar-refractivity contribution in [3.63, 3.8) is 0 Å². The highest BCUT2D eigenvalue weighted by Crippen LogP contribution is 2.10. The highest BCUT2D eigenvalue weighted by Gasteiger charge is 2.00. The molecule has 0 amide bonds. The van der Waals surface area contributed by atoms with Gasteiger partial charge in [0.05, 0.1) is 0 Å². The molecule has 0 fully saturated rings. The van der Waals surface area contributed by atoms with Crippen molar-refractivity contribution in [2.45, 2.75) is 12.8 Å². The zero-order valence-corrected chi connectivity index (χ0v) is 8.43. The molecule has 2 aromatic rings. The van der Waals surface area contributed by atoms with E-state index in [9.17, 15) is 0 Å². The fraction of sp³-hybridized carbons (Fsp3) is 0.167. The summed E-state index contributed by atoms with van der Waals surface area (Å²) in [6, 6.07) is 10.3. The molecule has 1 aromatic heterocycles. The van der Waals surface area contributed by atoms with Crippen molar-refractivity contribution in [3.05, 3.63) is 54.0 Å². The second kappa shape index (κ2) is 4.55. The SMILES string of the molecule is Nc1ncncc1CCc1ccccc1. The first kappa shape index (κ1) is 9.65. The predicted molar refractivity (Wildman–Crippen MR) is 60.3 cm³/mol. The maximum atomic E-state index is 5.73. The van der Waals surface area contributed by atoms with Gasteiger partial charge in [0.15, 0.2) is 0 Å². The molecule has 3 nitrogen and oxygen atoms in total. The largest absolute Gasteiger partial charge is 0.383 e. The topological polar surface area (TPSA) is 51.8 Å². The number of nitrogen functional groups attached to an aromatic ring is 1. The molecule has 0 atom stereocenters. The van der Waals surface area contributed by atoms with Crippen LogP contribution in [0.15, 0.2) is 42.9 Å². The van der Waals surface area contributed by atoms with Crippen LogP contribution in [0.5, 0.6) is 0 Å². The molecule has 1 aromatic carbocycles. The lowest BCUT2D eigenvalue weighted by atomic mass is 10.1. The number of nitrogens with two attached hydrogens (primary N) is 1. The molecule has 0 saturated carbocycles. The number of nitrogens with zero attached hydrogens (tertiary/aromatic N) is 2. The quantitative estimate of drug-likeness (QED) is 0.820. The molecule has 0 bridgehead atoms. The smallest absolute Gasteiger partial charge is 0.129 e. The second-order valence-corrected chi connectivity index (χ2v) is 3.42. The van der Waals surface area contributed by atoms with Gasteiger partial charge in [-0.2, -0.15) is 0 Å². The van der Waals surface area contributed by atoms with Crippen molar-refractivity contribution in [2.24, 2.45) is 0 Å². The first-order chi connectivity index (χ1) is 7.36. The number of hydrogen-bond donors (Lipinski definition) is 1. The molecule has 0 spiro atoms. The third-order valence-corrected chi connectivity index (χ3v) is 2.35. The van der Waals surface area contributed by atoms with Crippen LogP contribution in [-0.2, 0) is 12.8 Å². The van der Waals surface area contributed by atoms with E-state index in [1.807, 2.05) is 18.2 Å². The number of aryl methyl sites for hydroxylation is 2. The molecule has 76 valence electrons. The summed E-state index contributed by atoms with van der Waals surface area (Å²) in [5, 5.41) is 0. The number of hydrogen-bond acceptors (Lipinski definition) is 3. The Morgan fingerprint density at radius 2 is 1.87 bits per heavy atom. The van der Waals surface area contributed by atoms with Crippen LogP contribution in [0.1, 0.15) is 11.1 Å². The molecule has 2 N–H and O–H groups in total. The molecule has 0 radical (unpaired) electrons. The monoisotopic (exact) mass is 199 g/mol. The molecule has 0 unspecified atom stereocenters. The Morgan fingerprint density at radius 1 is 1.07 bits per heavy atom. The molecule has 3 heteroatoms. The van der Waals surface area contributed by atoms with Gasteiger partial charge < -0.3 is 5.73 Å². The highest BCUT2D eigenvalue weighted by atomic mass is 14.9. The third-order valence-electron chi connectivity index (χ3n) is 2.35. The first-order valence-electron chi connectivity index (χ1n) is 4.94. The van der Waals surface area contributed by atoms with Crippen LogP contribution in [0.3, 0.4) is 0 Å². The van der Waals surface area contributed by atoms with Gasteiger partial charge in [0.1, 0.15) is 12.1 Å². The van der Waals surface area contributed by atoms with Gasteiger partial charge in [0.2, 0.25) is 0 Å². The summed E-state index contributed by atoms with van der Waals surface area (Å²) >= 11 is 0. The molecular weight excluding hydrogens is 186 g/mol. The van der Waals surface area contributed by atoms with Gasteiger partial charge in [0.25, 0.3) is 0 Å². The minimum Gasteiger partial charge on any atom is -0.383 e. The molecular formula is C12H13N3. The van der Waals surface area contributed by atoms with E-state index in [-0.39, 0.29) is 0 Å². The average Bonchev–Trinajstić information content (AvgIpc) is 2.29. The van der Waals surface area contributed by atoms with Crippen molar-refractivity contribution < 1.29 is 0 Å². The van der Waals surface area contributed by atoms with Crippen molar-refractivity contribution in [3.8, 4) is 0 Å². The molecule has 2 rings (SSSR count). The van der Waals surface area contributed by atoms with Gasteiger partial charge in [-0.25, -0.2) is 9.97 Å². The average molecular weight is 199 g/mol. The Morgan fingerprint density at radius 3 is 2.60 bits per heavy atom. The Labute approximate surface area is 89.0 Å². The molecule has 1 heterocycles. The van der Waals surface area contributed by atoms with Crippen LogP contribution in [0.25, 0.3) is 0 Å². The van der Waals surface area contributed by atoms with Crippen molar-refractivity contribution >= 4 is 5.82 Å². The van der Waals surface area contributed by atoms with Gasteiger partial charge in [-0.3, -0.25) is 0 Å². The maximum absolute atomic E-state index is 5.73. The summed E-state index contributed by atoms with van der Waals surface area (Å²) in [6.45, 7) is 0. The lowest BCUT2D eigenvalue weighted by Crippen LogP contribution is -2.00. The molecule has 0 aliphatic heterocycles. The lowest BCUT2D eigenvalue weighted by molar-refractivity contribution is 0.938. The highest BCUT2D eigenvalue weighted by molar-refractivity contribution is 5.36. The van der Waals surface area contributed by atoms with E-state index in [2.05, 4.69) is 22.1 Å². The summed E-state index contributed by atoms with van der Waals surface area (Å²) in [6.07, 6.45) is 5.11. The van der Waals surface area contributed by atoms with Crippen molar-refractivity contribution in [2.75, 3.05) is 5.73 Å². The van der Waals surface area contributed by atoms with Gasteiger partial charge in [-0.15, -0.1) is 0 Å². The number of aromatic nitrogens is 2. The van der Waals surface area contributed by atoms with E-state index in [1.165, 1.54) is 11.9 Å². The van der Waals surface area contributed by atoms with E-state index < -0.39 is 0 Å². The van der Waals surface area contributed by atoms with E-state index in [0.717, 1.165) is 18.4 Å². The molecule has 15 heavy (non-hydrogen) atoms. The molecule has 0 saturated heterocycles. The van der Waals surface area contributed by atoms with Crippen LogP contribution >= 0.6 is 0 Å². The molecule has 0 aliphatic carbocycles. The van der Waals surface area contributed by atoms with Gasteiger partial charge >= 0.3 is 0 Å². The fourth-order valence-corrected chi connectivity index (χ4v) is 1.48. The van der Waals surface area contributed by atoms with Crippen molar-refractivity contribution in [1.82, 2.24) is 9.97 Å². The first-order valence-corrected chi connectivity index (χ1v) is 4.94. The van der Waals surface area contributed by atoms with Gasteiger partial charge in [-0.05, 0) is 18.4 Å². The molecule has 0 aliphatic rings. The number of benzene rings is 1. The third kappa shape index (κ3) is 2.53. The number of anilines is 1. The zero-order valence-electron chi connectivity index (χ0n) is 8.43. The zero-order chi connectivity index (χ0) is 10.5. The Kier molecular flexibility index (Phi) is 2.93. The van der Waals surface area contributed by atoms with Gasteiger partial charge in [-0.1, -0.05) is 30.3 Å². The van der Waals surface area contributed by atoms with E-state index in [4.69, 9.17) is 5.73 Å².